The second-order valence-corrected chi connectivity index (χ2v) is 10.8. The van der Waals surface area contributed by atoms with E-state index in [1.807, 2.05) is 54.6 Å². The largest absolute Gasteiger partial charge is 0.473 e. The molecule has 216 valence electrons. The number of nitrogens with zero attached hydrogens (tertiary/aromatic N) is 2. The maximum absolute atomic E-state index is 13.9. The van der Waals surface area contributed by atoms with Crippen LogP contribution < -0.4 is 14.5 Å². The molecule has 5 nitrogen and oxygen atoms in total. The molecule has 42 heavy (non-hydrogen) atoms. The van der Waals surface area contributed by atoms with Crippen molar-refractivity contribution in [2.75, 3.05) is 62.4 Å². The van der Waals surface area contributed by atoms with Gasteiger partial charge in [0.2, 0.25) is 0 Å². The predicted octanol–water partition coefficient (Wildman–Crippen LogP) is 6.88. The Hall–Kier alpha value is -4.01. The highest BCUT2D eigenvalue weighted by atomic mass is 19.4. The van der Waals surface area contributed by atoms with Gasteiger partial charge in [-0.1, -0.05) is 48.5 Å². The number of anilines is 2. The average molecular weight is 573 g/mol. The van der Waals surface area contributed by atoms with Gasteiger partial charge in [-0.15, -0.1) is 0 Å². The lowest BCUT2D eigenvalue weighted by molar-refractivity contribution is -0.137. The maximum Gasteiger partial charge on any atom is 0.416 e. The standard InChI is InChI=1S/C34H31F3N2O3/c35-34(36,37)26-5-3-4-25(22-26)33(24-8-10-27(11-9-24)38-14-18-40-19-15-38)13-12-30-28-6-1-2-7-29(28)31(23-32(30)42-33)39-16-20-41-21-17-39/h1-13,22-23H,14-21H2. The first-order valence-corrected chi connectivity index (χ1v) is 14.3. The van der Waals surface area contributed by atoms with Crippen LogP contribution in [0.2, 0.25) is 0 Å². The fourth-order valence-corrected chi connectivity index (χ4v) is 6.23. The Kier molecular flexibility index (Phi) is 6.83. The third kappa shape index (κ3) is 4.78. The molecule has 0 radical (unpaired) electrons. The van der Waals surface area contributed by atoms with E-state index in [0.717, 1.165) is 65.5 Å². The molecule has 2 saturated heterocycles. The second-order valence-electron chi connectivity index (χ2n) is 10.8. The number of ether oxygens (including phenoxy) is 3. The molecule has 0 amide bonds. The van der Waals surface area contributed by atoms with Gasteiger partial charge in [-0.3, -0.25) is 0 Å². The molecule has 0 aromatic heterocycles. The first-order chi connectivity index (χ1) is 20.4. The van der Waals surface area contributed by atoms with E-state index < -0.39 is 17.3 Å². The Labute approximate surface area is 242 Å². The fourth-order valence-electron chi connectivity index (χ4n) is 6.23. The first kappa shape index (κ1) is 26.9. The summed E-state index contributed by atoms with van der Waals surface area (Å²) in [5, 5.41) is 2.14. The van der Waals surface area contributed by atoms with E-state index in [-0.39, 0.29) is 0 Å². The number of fused-ring (bicyclic) bond motifs is 3. The molecule has 3 heterocycles. The Morgan fingerprint density at radius 1 is 0.667 bits per heavy atom. The second kappa shape index (κ2) is 10.7. The molecule has 0 saturated carbocycles. The molecule has 0 bridgehead atoms. The molecule has 2 fully saturated rings. The fraction of sp³-hybridized carbons (Fsp3) is 0.294. The molecule has 4 aromatic rings. The van der Waals surface area contributed by atoms with Crippen LogP contribution in [0.4, 0.5) is 24.5 Å². The number of morpholine rings is 2. The van der Waals surface area contributed by atoms with Crippen LogP contribution >= 0.6 is 0 Å². The quantitative estimate of drug-likeness (QED) is 0.266. The van der Waals surface area contributed by atoms with Gasteiger partial charge in [0.25, 0.3) is 0 Å². The molecule has 0 aliphatic carbocycles. The monoisotopic (exact) mass is 572 g/mol. The zero-order chi connectivity index (χ0) is 28.7. The minimum Gasteiger partial charge on any atom is -0.473 e. The molecule has 0 N–H and O–H groups in total. The van der Waals surface area contributed by atoms with Crippen molar-refractivity contribution < 1.29 is 27.4 Å². The van der Waals surface area contributed by atoms with Crippen LogP contribution in [0, 0.1) is 0 Å². The van der Waals surface area contributed by atoms with Crippen molar-refractivity contribution in [1.29, 1.82) is 0 Å². The van der Waals surface area contributed by atoms with Gasteiger partial charge in [0, 0.05) is 65.7 Å². The van der Waals surface area contributed by atoms with Crippen molar-refractivity contribution in [3.05, 3.63) is 107 Å². The van der Waals surface area contributed by atoms with Gasteiger partial charge in [0.15, 0.2) is 5.60 Å². The number of hydrogen-bond donors (Lipinski definition) is 0. The molecule has 3 aliphatic heterocycles. The first-order valence-electron chi connectivity index (χ1n) is 14.3. The van der Waals surface area contributed by atoms with Crippen molar-refractivity contribution in [2.45, 2.75) is 11.8 Å². The number of rotatable bonds is 4. The molecule has 4 aromatic carbocycles. The molecule has 7 rings (SSSR count). The van der Waals surface area contributed by atoms with E-state index in [1.165, 1.54) is 12.1 Å². The molecule has 0 spiro atoms. The lowest BCUT2D eigenvalue weighted by atomic mass is 9.82. The molecule has 8 heteroatoms. The van der Waals surface area contributed by atoms with Crippen molar-refractivity contribution in [3.63, 3.8) is 0 Å². The predicted molar refractivity (Wildman–Crippen MR) is 158 cm³/mol. The number of halogens is 3. The maximum atomic E-state index is 13.9. The number of hydrogen-bond acceptors (Lipinski definition) is 5. The van der Waals surface area contributed by atoms with E-state index in [1.54, 1.807) is 6.07 Å². The van der Waals surface area contributed by atoms with Gasteiger partial charge in [-0.25, -0.2) is 0 Å². The summed E-state index contributed by atoms with van der Waals surface area (Å²) in [4.78, 5) is 4.54. The van der Waals surface area contributed by atoms with Crippen LogP contribution in [0.25, 0.3) is 16.8 Å². The summed E-state index contributed by atoms with van der Waals surface area (Å²) in [6.45, 7) is 5.68. The normalized spacial score (nSPS) is 20.8. The lowest BCUT2D eigenvalue weighted by Gasteiger charge is -2.38. The van der Waals surface area contributed by atoms with Crippen LogP contribution in [0.1, 0.15) is 22.3 Å². The number of alkyl halides is 3. The van der Waals surface area contributed by atoms with Gasteiger partial charge >= 0.3 is 6.18 Å². The summed E-state index contributed by atoms with van der Waals surface area (Å²) in [5.41, 5.74) is 2.18. The van der Waals surface area contributed by atoms with Crippen LogP contribution in [-0.4, -0.2) is 52.6 Å². The topological polar surface area (TPSA) is 34.2 Å². The Balaban J connectivity index is 1.38. The van der Waals surface area contributed by atoms with Gasteiger partial charge in [0.05, 0.1) is 32.0 Å². The summed E-state index contributed by atoms with van der Waals surface area (Å²) < 4.78 is 59.7. The highest BCUT2D eigenvalue weighted by Crippen LogP contribution is 2.47. The van der Waals surface area contributed by atoms with Gasteiger partial charge in [-0.05, 0) is 41.8 Å². The molecular formula is C34H31F3N2O3. The Morgan fingerprint density at radius 2 is 1.33 bits per heavy atom. The van der Waals surface area contributed by atoms with E-state index >= 15 is 0 Å². The highest BCUT2D eigenvalue weighted by molar-refractivity contribution is 6.02. The lowest BCUT2D eigenvalue weighted by Crippen LogP contribution is -2.37. The Morgan fingerprint density at radius 3 is 2.02 bits per heavy atom. The molecule has 1 atom stereocenters. The SMILES string of the molecule is FC(F)(F)c1cccc(C2(c3ccc(N4CCOCC4)cc3)C=Cc3c(cc(N4CCOCC4)c4ccccc34)O2)c1. The van der Waals surface area contributed by atoms with Crippen molar-refractivity contribution in [3.8, 4) is 5.75 Å². The Bertz CT molecular complexity index is 1620. The van der Waals surface area contributed by atoms with E-state index in [2.05, 4.69) is 21.9 Å². The van der Waals surface area contributed by atoms with Gasteiger partial charge in [-0.2, -0.15) is 13.2 Å². The van der Waals surface area contributed by atoms with Crippen LogP contribution in [-0.2, 0) is 21.3 Å². The van der Waals surface area contributed by atoms with Crippen molar-refractivity contribution in [1.82, 2.24) is 0 Å². The number of benzene rings is 4. The summed E-state index contributed by atoms with van der Waals surface area (Å²) in [5.74, 6) is 0.632. The smallest absolute Gasteiger partial charge is 0.416 e. The van der Waals surface area contributed by atoms with Gasteiger partial charge < -0.3 is 24.0 Å². The summed E-state index contributed by atoms with van der Waals surface area (Å²) in [6, 6.07) is 23.7. The van der Waals surface area contributed by atoms with E-state index in [0.29, 0.717) is 37.7 Å². The highest BCUT2D eigenvalue weighted by Gasteiger charge is 2.40. The summed E-state index contributed by atoms with van der Waals surface area (Å²) >= 11 is 0. The zero-order valence-electron chi connectivity index (χ0n) is 23.1. The molecular weight excluding hydrogens is 541 g/mol. The zero-order valence-corrected chi connectivity index (χ0v) is 23.1. The summed E-state index contributed by atoms with van der Waals surface area (Å²) in [7, 11) is 0. The summed E-state index contributed by atoms with van der Waals surface area (Å²) in [6.07, 6.45) is -0.580. The minimum atomic E-state index is -4.48. The van der Waals surface area contributed by atoms with E-state index in [4.69, 9.17) is 14.2 Å². The third-order valence-corrected chi connectivity index (χ3v) is 8.43. The molecule has 1 unspecified atom stereocenters. The van der Waals surface area contributed by atoms with Crippen molar-refractivity contribution in [2.24, 2.45) is 0 Å². The van der Waals surface area contributed by atoms with Crippen LogP contribution in [0.15, 0.2) is 84.9 Å². The average Bonchev–Trinajstić information content (AvgIpc) is 3.04. The van der Waals surface area contributed by atoms with E-state index in [9.17, 15) is 13.2 Å². The molecule has 3 aliphatic rings. The van der Waals surface area contributed by atoms with Crippen LogP contribution in [0.5, 0.6) is 5.75 Å². The third-order valence-electron chi connectivity index (χ3n) is 8.43. The van der Waals surface area contributed by atoms with Gasteiger partial charge in [0.1, 0.15) is 5.75 Å². The van der Waals surface area contributed by atoms with Crippen molar-refractivity contribution >= 4 is 28.2 Å². The van der Waals surface area contributed by atoms with Crippen LogP contribution in [0.3, 0.4) is 0 Å². The minimum absolute atomic E-state index is 0.416.